The van der Waals surface area contributed by atoms with Crippen LogP contribution in [0, 0.1) is 0 Å². The van der Waals surface area contributed by atoms with Crippen LogP contribution in [0.25, 0.3) is 21.9 Å². The van der Waals surface area contributed by atoms with Crippen molar-refractivity contribution in [2.45, 2.75) is 4.90 Å². The molecule has 0 aliphatic rings. The molecule has 23 heavy (non-hydrogen) atoms. The van der Waals surface area contributed by atoms with Crippen molar-refractivity contribution < 1.29 is 18.2 Å². The fourth-order valence-electron chi connectivity index (χ4n) is 2.29. The first-order chi connectivity index (χ1) is 11.0. The average molecular weight is 331 g/mol. The molecular weight excluding hydrogens is 322 g/mol. The molecule has 4 rings (SSSR count). The number of aromatic amines is 1. The third-order valence-corrected chi connectivity index (χ3v) is 4.77. The zero-order valence-electron chi connectivity index (χ0n) is 11.4. The molecule has 0 saturated carbocycles. The maximum atomic E-state index is 12.6. The van der Waals surface area contributed by atoms with E-state index in [9.17, 15) is 13.5 Å². The number of rotatable bonds is 3. The topological polar surface area (TPSA) is 134 Å². The fourth-order valence-corrected chi connectivity index (χ4v) is 3.57. The molecule has 0 aliphatic heterocycles. The minimum Gasteiger partial charge on any atom is -0.506 e. The lowest BCUT2D eigenvalue weighted by atomic mass is 10.2. The Morgan fingerprint density at radius 3 is 2.91 bits per heavy atom. The molecule has 0 saturated heterocycles. The van der Waals surface area contributed by atoms with Gasteiger partial charge in [-0.1, -0.05) is 0 Å². The molecule has 9 nitrogen and oxygen atoms in total. The van der Waals surface area contributed by atoms with E-state index in [1.807, 2.05) is 0 Å². The molecule has 2 aromatic carbocycles. The number of benzene rings is 2. The number of phenols is 1. The van der Waals surface area contributed by atoms with E-state index in [0.29, 0.717) is 11.2 Å². The quantitative estimate of drug-likeness (QED) is 0.519. The summed E-state index contributed by atoms with van der Waals surface area (Å²) < 4.78 is 32.1. The summed E-state index contributed by atoms with van der Waals surface area (Å²) in [6.07, 6.45) is 1.63. The van der Waals surface area contributed by atoms with E-state index in [1.54, 1.807) is 24.4 Å². The third kappa shape index (κ3) is 2.16. The van der Waals surface area contributed by atoms with Gasteiger partial charge in [-0.25, -0.2) is 13.0 Å². The Morgan fingerprint density at radius 2 is 2.04 bits per heavy atom. The minimum atomic E-state index is -4.09. The number of nitrogens with one attached hydrogen (secondary N) is 2. The fraction of sp³-hybridized carbons (Fsp3) is 0. The number of H-pyrrole nitrogens is 1. The van der Waals surface area contributed by atoms with Crippen molar-refractivity contribution >= 4 is 37.6 Å². The average Bonchev–Trinajstić information content (AvgIpc) is 3.13. The van der Waals surface area contributed by atoms with Crippen molar-refractivity contribution in [2.24, 2.45) is 0 Å². The van der Waals surface area contributed by atoms with Crippen LogP contribution in [0.3, 0.4) is 0 Å². The number of nitrogens with zero attached hydrogens (tertiary/aromatic N) is 3. The molecule has 0 atom stereocenters. The van der Waals surface area contributed by atoms with Crippen molar-refractivity contribution in [3.05, 3.63) is 36.5 Å². The van der Waals surface area contributed by atoms with Gasteiger partial charge in [0, 0.05) is 5.39 Å². The predicted octanol–water partition coefficient (Wildman–Crippen LogP) is 1.61. The Kier molecular flexibility index (Phi) is 2.75. The molecule has 0 radical (unpaired) electrons. The van der Waals surface area contributed by atoms with Crippen LogP contribution in [-0.4, -0.2) is 34.0 Å². The van der Waals surface area contributed by atoms with Crippen LogP contribution < -0.4 is 4.72 Å². The Bertz CT molecular complexity index is 1130. The van der Waals surface area contributed by atoms with E-state index in [2.05, 4.69) is 29.9 Å². The van der Waals surface area contributed by atoms with E-state index in [-0.39, 0.29) is 15.9 Å². The standard InChI is InChI=1S/C13H9N5O4S/c19-11-4-3-9-12(17-22-16-9)13(11)23(20,21)18-8-2-1-7-6-14-15-10(7)5-8/h1-6,18-19H,(H,14,15). The minimum absolute atomic E-state index is 0.0416. The van der Waals surface area contributed by atoms with Crippen molar-refractivity contribution in [3.63, 3.8) is 0 Å². The second-order valence-electron chi connectivity index (χ2n) is 4.82. The smallest absolute Gasteiger partial charge is 0.267 e. The summed E-state index contributed by atoms with van der Waals surface area (Å²) in [5.74, 6) is -0.441. The number of aromatic hydroxyl groups is 1. The first kappa shape index (κ1) is 13.5. The summed E-state index contributed by atoms with van der Waals surface area (Å²) in [6.45, 7) is 0. The summed E-state index contributed by atoms with van der Waals surface area (Å²) in [4.78, 5) is -0.388. The molecular formula is C13H9N5O4S. The molecule has 116 valence electrons. The highest BCUT2D eigenvalue weighted by atomic mass is 32.2. The molecule has 0 aliphatic carbocycles. The lowest BCUT2D eigenvalue weighted by Gasteiger charge is -2.09. The Balaban J connectivity index is 1.82. The maximum absolute atomic E-state index is 12.6. The molecule has 0 unspecified atom stereocenters. The Morgan fingerprint density at radius 1 is 1.17 bits per heavy atom. The van der Waals surface area contributed by atoms with E-state index in [4.69, 9.17) is 0 Å². The maximum Gasteiger partial charge on any atom is 0.267 e. The highest BCUT2D eigenvalue weighted by Crippen LogP contribution is 2.31. The van der Waals surface area contributed by atoms with E-state index in [1.165, 1.54) is 12.1 Å². The molecule has 0 spiro atoms. The van der Waals surface area contributed by atoms with Crippen LogP contribution in [0.2, 0.25) is 0 Å². The molecule has 3 N–H and O–H groups in total. The predicted molar refractivity (Wildman–Crippen MR) is 80.4 cm³/mol. The molecule has 2 heterocycles. The van der Waals surface area contributed by atoms with Crippen LogP contribution in [0.4, 0.5) is 5.69 Å². The van der Waals surface area contributed by atoms with Crippen LogP contribution in [-0.2, 0) is 10.0 Å². The van der Waals surface area contributed by atoms with Gasteiger partial charge in [-0.3, -0.25) is 9.82 Å². The van der Waals surface area contributed by atoms with Gasteiger partial charge in [0.05, 0.1) is 17.4 Å². The van der Waals surface area contributed by atoms with Crippen LogP contribution in [0.1, 0.15) is 0 Å². The van der Waals surface area contributed by atoms with Gasteiger partial charge in [-0.05, 0) is 40.6 Å². The second kappa shape index (κ2) is 4.68. The van der Waals surface area contributed by atoms with Gasteiger partial charge in [0.25, 0.3) is 10.0 Å². The summed E-state index contributed by atoms with van der Waals surface area (Å²) in [7, 11) is -4.09. The molecule has 0 amide bonds. The van der Waals surface area contributed by atoms with Gasteiger partial charge < -0.3 is 5.11 Å². The monoisotopic (exact) mass is 331 g/mol. The van der Waals surface area contributed by atoms with Gasteiger partial charge in [0.15, 0.2) is 10.4 Å². The SMILES string of the molecule is O=S(=O)(Nc1ccc2cn[nH]c2c1)c1c(O)ccc2nonc12. The van der Waals surface area contributed by atoms with E-state index in [0.717, 1.165) is 5.39 Å². The number of anilines is 1. The zero-order chi connectivity index (χ0) is 16.0. The van der Waals surface area contributed by atoms with Crippen LogP contribution in [0.15, 0.2) is 46.1 Å². The number of aromatic nitrogens is 4. The van der Waals surface area contributed by atoms with Gasteiger partial charge >= 0.3 is 0 Å². The number of fused-ring (bicyclic) bond motifs is 2. The first-order valence-corrected chi connectivity index (χ1v) is 7.93. The van der Waals surface area contributed by atoms with Crippen molar-refractivity contribution in [1.29, 1.82) is 0 Å². The molecule has 0 fully saturated rings. The van der Waals surface area contributed by atoms with Crippen LogP contribution in [0.5, 0.6) is 5.75 Å². The van der Waals surface area contributed by atoms with Crippen molar-refractivity contribution in [3.8, 4) is 5.75 Å². The highest BCUT2D eigenvalue weighted by Gasteiger charge is 2.25. The van der Waals surface area contributed by atoms with Gasteiger partial charge in [0.1, 0.15) is 11.3 Å². The number of sulfonamides is 1. The number of hydrogen-bond donors (Lipinski definition) is 3. The summed E-state index contributed by atoms with van der Waals surface area (Å²) in [6, 6.07) is 7.54. The van der Waals surface area contributed by atoms with E-state index >= 15 is 0 Å². The Labute approximate surface area is 128 Å². The summed E-state index contributed by atoms with van der Waals surface area (Å²) in [5, 5.41) is 24.5. The highest BCUT2D eigenvalue weighted by molar-refractivity contribution is 7.93. The Hall–Kier alpha value is -3.14. The second-order valence-corrected chi connectivity index (χ2v) is 6.44. The summed E-state index contributed by atoms with van der Waals surface area (Å²) >= 11 is 0. The normalized spacial score (nSPS) is 12.0. The molecule has 10 heteroatoms. The van der Waals surface area contributed by atoms with Gasteiger partial charge in [-0.15, -0.1) is 0 Å². The largest absolute Gasteiger partial charge is 0.506 e. The van der Waals surface area contributed by atoms with Crippen molar-refractivity contribution in [1.82, 2.24) is 20.5 Å². The molecule has 0 bridgehead atoms. The van der Waals surface area contributed by atoms with Crippen LogP contribution >= 0.6 is 0 Å². The lowest BCUT2D eigenvalue weighted by molar-refractivity contribution is 0.315. The molecule has 4 aromatic rings. The van der Waals surface area contributed by atoms with Gasteiger partial charge in [0.2, 0.25) is 0 Å². The summed E-state index contributed by atoms with van der Waals surface area (Å²) in [5.41, 5.74) is 1.18. The molecule has 2 aromatic heterocycles. The van der Waals surface area contributed by atoms with Crippen molar-refractivity contribution in [2.75, 3.05) is 4.72 Å². The number of hydrogen-bond acceptors (Lipinski definition) is 7. The third-order valence-electron chi connectivity index (χ3n) is 3.32. The number of phenolic OH excluding ortho intramolecular Hbond substituents is 1. The van der Waals surface area contributed by atoms with E-state index < -0.39 is 15.8 Å². The zero-order valence-corrected chi connectivity index (χ0v) is 12.2. The first-order valence-electron chi connectivity index (χ1n) is 6.45. The van der Waals surface area contributed by atoms with Gasteiger partial charge in [-0.2, -0.15) is 5.10 Å². The lowest BCUT2D eigenvalue weighted by Crippen LogP contribution is -2.13.